The Bertz CT molecular complexity index is 653. The Labute approximate surface area is 106 Å². The summed E-state index contributed by atoms with van der Waals surface area (Å²) < 4.78 is 5.24. The van der Waals surface area contributed by atoms with Crippen LogP contribution in [0.3, 0.4) is 0 Å². The molecule has 2 N–H and O–H groups in total. The second-order valence-electron chi connectivity index (χ2n) is 3.30. The summed E-state index contributed by atoms with van der Waals surface area (Å²) in [6, 6.07) is 5.25. The summed E-state index contributed by atoms with van der Waals surface area (Å²) in [5.41, 5.74) is -0.504. The number of H-pyrrole nitrogens is 1. The Morgan fingerprint density at radius 3 is 2.83 bits per heavy atom. The predicted octanol–water partition coefficient (Wildman–Crippen LogP) is 1.91. The molecule has 0 unspecified atom stereocenters. The number of nitrogens with zero attached hydrogens (tertiary/aromatic N) is 1. The van der Waals surface area contributed by atoms with Crippen molar-refractivity contribution in [3.8, 4) is 11.6 Å². The van der Waals surface area contributed by atoms with Gasteiger partial charge < -0.3 is 14.8 Å². The first-order valence-corrected chi connectivity index (χ1v) is 5.19. The third kappa shape index (κ3) is 2.67. The lowest BCUT2D eigenvalue weighted by Gasteiger charge is -2.07. The van der Waals surface area contributed by atoms with Crippen LogP contribution in [0, 0.1) is 0 Å². The Hall–Kier alpha value is -2.34. The van der Waals surface area contributed by atoms with Gasteiger partial charge in [-0.1, -0.05) is 11.6 Å². The molecule has 92 valence electrons. The van der Waals surface area contributed by atoms with E-state index >= 15 is 0 Å². The quantitative estimate of drug-likeness (QED) is 0.885. The maximum absolute atomic E-state index is 11.0. The predicted molar refractivity (Wildman–Crippen MR) is 63.3 cm³/mol. The lowest BCUT2D eigenvalue weighted by molar-refractivity contribution is 0.0694. The lowest BCUT2D eigenvalue weighted by atomic mass is 10.2. The van der Waals surface area contributed by atoms with Crippen LogP contribution in [0.5, 0.6) is 11.6 Å². The number of hydrogen-bond acceptors (Lipinski definition) is 4. The minimum absolute atomic E-state index is 0.00331. The molecule has 2 aromatic rings. The topological polar surface area (TPSA) is 92.3 Å². The summed E-state index contributed by atoms with van der Waals surface area (Å²) >= 11 is 5.70. The number of hydrogen-bond donors (Lipinski definition) is 2. The fourth-order valence-electron chi connectivity index (χ4n) is 1.28. The van der Waals surface area contributed by atoms with E-state index in [-0.39, 0.29) is 22.2 Å². The third-order valence-corrected chi connectivity index (χ3v) is 2.27. The van der Waals surface area contributed by atoms with Gasteiger partial charge in [-0.3, -0.25) is 4.79 Å². The maximum Gasteiger partial charge on any atom is 0.339 e. The fourth-order valence-corrected chi connectivity index (χ4v) is 1.45. The van der Waals surface area contributed by atoms with E-state index in [4.69, 9.17) is 21.4 Å². The Morgan fingerprint density at radius 1 is 1.39 bits per heavy atom. The van der Waals surface area contributed by atoms with Crippen molar-refractivity contribution in [3.63, 3.8) is 0 Å². The van der Waals surface area contributed by atoms with Crippen LogP contribution < -0.4 is 10.3 Å². The molecule has 0 radical (unpaired) electrons. The van der Waals surface area contributed by atoms with Gasteiger partial charge in [0.25, 0.3) is 5.56 Å². The van der Waals surface area contributed by atoms with Crippen molar-refractivity contribution in [2.45, 2.75) is 0 Å². The van der Waals surface area contributed by atoms with Crippen LogP contribution in [-0.2, 0) is 0 Å². The molecule has 0 aliphatic rings. The number of nitrogens with one attached hydrogen (secondary N) is 1. The maximum atomic E-state index is 11.0. The summed E-state index contributed by atoms with van der Waals surface area (Å²) in [6.07, 6.45) is 1.16. The summed E-state index contributed by atoms with van der Waals surface area (Å²) in [6.45, 7) is 0. The smallest absolute Gasteiger partial charge is 0.339 e. The van der Waals surface area contributed by atoms with E-state index in [9.17, 15) is 9.59 Å². The van der Waals surface area contributed by atoms with Crippen LogP contribution in [0.2, 0.25) is 5.02 Å². The van der Waals surface area contributed by atoms with Crippen molar-refractivity contribution < 1.29 is 14.6 Å². The Balaban J connectivity index is 2.40. The molecule has 0 spiro atoms. The zero-order valence-electron chi connectivity index (χ0n) is 8.88. The van der Waals surface area contributed by atoms with Crippen LogP contribution in [0.25, 0.3) is 0 Å². The van der Waals surface area contributed by atoms with Gasteiger partial charge in [-0.05, 0) is 18.2 Å². The van der Waals surface area contributed by atoms with Crippen molar-refractivity contribution >= 4 is 17.6 Å². The Kier molecular flexibility index (Phi) is 3.29. The minimum Gasteiger partial charge on any atom is -0.478 e. The Morgan fingerprint density at radius 2 is 2.17 bits per heavy atom. The molecule has 0 fully saturated rings. The number of aromatic amines is 1. The van der Waals surface area contributed by atoms with E-state index < -0.39 is 11.5 Å². The lowest BCUT2D eigenvalue weighted by Crippen LogP contribution is -2.06. The standard InChI is InChI=1S/C11H7ClN2O4/c12-6-1-2-8(7(3-6)11(16)17)18-10-4-9(15)13-5-14-10/h1-5H,(H,16,17)(H,13,14,15). The highest BCUT2D eigenvalue weighted by Crippen LogP contribution is 2.26. The molecule has 0 atom stereocenters. The van der Waals surface area contributed by atoms with Crippen LogP contribution in [-0.4, -0.2) is 21.0 Å². The highest BCUT2D eigenvalue weighted by Gasteiger charge is 2.13. The molecule has 6 nitrogen and oxygen atoms in total. The normalized spacial score (nSPS) is 10.1. The van der Waals surface area contributed by atoms with E-state index in [0.29, 0.717) is 0 Å². The summed E-state index contributed by atoms with van der Waals surface area (Å²) in [5, 5.41) is 9.27. The number of carbonyl (C=O) groups is 1. The van der Waals surface area contributed by atoms with Crippen molar-refractivity contribution in [2.24, 2.45) is 0 Å². The molecule has 7 heteroatoms. The monoisotopic (exact) mass is 266 g/mol. The highest BCUT2D eigenvalue weighted by molar-refractivity contribution is 6.31. The van der Waals surface area contributed by atoms with Crippen LogP contribution in [0.4, 0.5) is 0 Å². The van der Waals surface area contributed by atoms with E-state index in [1.807, 2.05) is 0 Å². The number of aromatic nitrogens is 2. The largest absolute Gasteiger partial charge is 0.478 e. The van der Waals surface area contributed by atoms with Crippen LogP contribution in [0.15, 0.2) is 35.4 Å². The SMILES string of the molecule is O=C(O)c1cc(Cl)ccc1Oc1cc(=O)[nH]cn1. The number of benzene rings is 1. The molecule has 2 rings (SSSR count). The van der Waals surface area contributed by atoms with Gasteiger partial charge in [-0.15, -0.1) is 0 Å². The molecule has 0 amide bonds. The third-order valence-electron chi connectivity index (χ3n) is 2.04. The first-order chi connectivity index (χ1) is 8.56. The average molecular weight is 267 g/mol. The van der Waals surface area contributed by atoms with Gasteiger partial charge in [0.1, 0.15) is 11.3 Å². The molecule has 18 heavy (non-hydrogen) atoms. The van der Waals surface area contributed by atoms with E-state index in [0.717, 1.165) is 12.4 Å². The van der Waals surface area contributed by atoms with Gasteiger partial charge in [0.15, 0.2) is 0 Å². The van der Waals surface area contributed by atoms with Gasteiger partial charge in [-0.2, -0.15) is 0 Å². The number of halogens is 1. The molecule has 1 heterocycles. The summed E-state index contributed by atoms with van der Waals surface area (Å²) in [4.78, 5) is 28.1. The number of carboxylic acids is 1. The highest BCUT2D eigenvalue weighted by atomic mass is 35.5. The number of rotatable bonds is 3. The second-order valence-corrected chi connectivity index (χ2v) is 3.73. The molecular formula is C11H7ClN2O4. The fraction of sp³-hybridized carbons (Fsp3) is 0. The number of carboxylic acid groups (broad SMARTS) is 1. The molecule has 0 saturated carbocycles. The minimum atomic E-state index is -1.18. The van der Waals surface area contributed by atoms with Crippen LogP contribution in [0.1, 0.15) is 10.4 Å². The molecule has 0 saturated heterocycles. The van der Waals surface area contributed by atoms with Crippen molar-refractivity contribution in [2.75, 3.05) is 0 Å². The van der Waals surface area contributed by atoms with Crippen molar-refractivity contribution in [1.82, 2.24) is 9.97 Å². The molecule has 1 aromatic heterocycles. The van der Waals surface area contributed by atoms with E-state index in [2.05, 4.69) is 9.97 Å². The van der Waals surface area contributed by atoms with Gasteiger partial charge in [0.2, 0.25) is 5.88 Å². The average Bonchev–Trinajstić information content (AvgIpc) is 2.31. The zero-order chi connectivity index (χ0) is 13.1. The van der Waals surface area contributed by atoms with E-state index in [1.165, 1.54) is 18.2 Å². The summed E-state index contributed by atoms with van der Waals surface area (Å²) in [7, 11) is 0. The van der Waals surface area contributed by atoms with E-state index in [1.54, 1.807) is 0 Å². The number of aromatic carboxylic acids is 1. The molecule has 1 aromatic carbocycles. The van der Waals surface area contributed by atoms with Gasteiger partial charge in [0, 0.05) is 5.02 Å². The first-order valence-electron chi connectivity index (χ1n) is 4.81. The molecular weight excluding hydrogens is 260 g/mol. The van der Waals surface area contributed by atoms with Crippen molar-refractivity contribution in [3.05, 3.63) is 51.5 Å². The van der Waals surface area contributed by atoms with Gasteiger partial charge in [0.05, 0.1) is 12.4 Å². The van der Waals surface area contributed by atoms with Gasteiger partial charge >= 0.3 is 5.97 Å². The number of ether oxygens (including phenoxy) is 1. The second kappa shape index (κ2) is 4.89. The van der Waals surface area contributed by atoms with Crippen LogP contribution >= 0.6 is 11.6 Å². The van der Waals surface area contributed by atoms with Gasteiger partial charge in [-0.25, -0.2) is 9.78 Å². The molecule has 0 aliphatic heterocycles. The first kappa shape index (κ1) is 12.1. The zero-order valence-corrected chi connectivity index (χ0v) is 9.64. The summed E-state index contributed by atoms with van der Waals surface area (Å²) in [5.74, 6) is -1.12. The van der Waals surface area contributed by atoms with Crippen molar-refractivity contribution in [1.29, 1.82) is 0 Å². The molecule has 0 bridgehead atoms. The molecule has 0 aliphatic carbocycles.